The van der Waals surface area contributed by atoms with Gasteiger partial charge in [0.05, 0.1) is 5.52 Å². The summed E-state index contributed by atoms with van der Waals surface area (Å²) in [6.07, 6.45) is 2.40. The molecule has 4 heterocycles. The summed E-state index contributed by atoms with van der Waals surface area (Å²) in [6.45, 7) is 0. The first-order valence-corrected chi connectivity index (χ1v) is 7.81. The zero-order chi connectivity index (χ0) is 18.9. The number of rotatable bonds is 0. The van der Waals surface area contributed by atoms with E-state index < -0.39 is 51.8 Å². The highest BCUT2D eigenvalue weighted by Gasteiger charge is 2.53. The first-order valence-electron chi connectivity index (χ1n) is 7.43. The van der Waals surface area contributed by atoms with Crippen molar-refractivity contribution < 1.29 is 29.6 Å². The molecular weight excluding hydrogens is 375 g/mol. The molecular formula is C14H12ClFN4O6. The number of nitrogens with one attached hydrogen (secondary N) is 1. The SMILES string of the molecule is O=c1nc2c3c(nc(Cl)c(F)c3[nH]1)OC(O)(O)C1CC=CCC(O)(O)N21. The molecule has 2 aliphatic heterocycles. The number of aromatic amines is 1. The van der Waals surface area contributed by atoms with E-state index >= 15 is 0 Å². The van der Waals surface area contributed by atoms with Gasteiger partial charge in [-0.05, 0) is 6.42 Å². The number of fused-ring (bicyclic) bond motifs is 2. The predicted octanol–water partition coefficient (Wildman–Crippen LogP) is -0.695. The lowest BCUT2D eigenvalue weighted by atomic mass is 10.1. The van der Waals surface area contributed by atoms with Gasteiger partial charge in [-0.15, -0.1) is 0 Å². The molecule has 12 heteroatoms. The smallest absolute Gasteiger partial charge is 0.347 e. The van der Waals surface area contributed by atoms with Crippen LogP contribution in [0.3, 0.4) is 0 Å². The average molecular weight is 387 g/mol. The van der Waals surface area contributed by atoms with Crippen molar-refractivity contribution in [3.05, 3.63) is 33.6 Å². The number of ether oxygens (including phenoxy) is 1. The highest BCUT2D eigenvalue weighted by Crippen LogP contribution is 2.43. The minimum atomic E-state index is -2.99. The summed E-state index contributed by atoms with van der Waals surface area (Å²) >= 11 is 5.69. The van der Waals surface area contributed by atoms with E-state index in [1.807, 2.05) is 0 Å². The van der Waals surface area contributed by atoms with Crippen LogP contribution in [0.4, 0.5) is 10.2 Å². The molecule has 0 saturated carbocycles. The number of aromatic nitrogens is 3. The molecule has 0 fully saturated rings. The number of pyridine rings is 1. The minimum Gasteiger partial charge on any atom is -0.419 e. The summed E-state index contributed by atoms with van der Waals surface area (Å²) in [5, 5.41) is 40.7. The quantitative estimate of drug-likeness (QED) is 0.225. The van der Waals surface area contributed by atoms with Gasteiger partial charge in [-0.3, -0.25) is 4.90 Å². The molecule has 0 aromatic carbocycles. The molecule has 2 aromatic rings. The van der Waals surface area contributed by atoms with Gasteiger partial charge < -0.3 is 30.1 Å². The molecule has 10 nitrogen and oxygen atoms in total. The third-order valence-electron chi connectivity index (χ3n) is 4.25. The van der Waals surface area contributed by atoms with Crippen molar-refractivity contribution in [3.63, 3.8) is 0 Å². The Morgan fingerprint density at radius 3 is 2.77 bits per heavy atom. The molecule has 1 unspecified atom stereocenters. The van der Waals surface area contributed by atoms with Crippen LogP contribution >= 0.6 is 11.6 Å². The Labute approximate surface area is 148 Å². The second-order valence-corrected chi connectivity index (χ2v) is 6.33. The third-order valence-corrected chi connectivity index (χ3v) is 4.50. The standard InChI is InChI=1S/C14H12ClFN4O6/c15-9-7(16)8-6-10(19-12(21)17-8)20-5(3-1-2-4-13(20,22)23)14(24,25)26-11(6)18-9/h1-2,5,22-25H,3-4H2,(H,17,19,21). The summed E-state index contributed by atoms with van der Waals surface area (Å²) in [4.78, 5) is 22.0. The lowest BCUT2D eigenvalue weighted by Crippen LogP contribution is -2.63. The summed E-state index contributed by atoms with van der Waals surface area (Å²) < 4.78 is 19.5. The first-order chi connectivity index (χ1) is 12.1. The Balaban J connectivity index is 2.15. The zero-order valence-electron chi connectivity index (χ0n) is 12.8. The summed E-state index contributed by atoms with van der Waals surface area (Å²) in [5.74, 6) is -7.75. The van der Waals surface area contributed by atoms with Gasteiger partial charge in [-0.1, -0.05) is 23.8 Å². The van der Waals surface area contributed by atoms with Crippen molar-refractivity contribution >= 4 is 28.3 Å². The summed E-state index contributed by atoms with van der Waals surface area (Å²) in [5.41, 5.74) is -1.49. The molecule has 0 aliphatic carbocycles. The molecule has 5 N–H and O–H groups in total. The largest absolute Gasteiger partial charge is 0.419 e. The van der Waals surface area contributed by atoms with E-state index in [0.717, 1.165) is 0 Å². The van der Waals surface area contributed by atoms with Crippen LogP contribution < -0.4 is 15.3 Å². The fourth-order valence-corrected chi connectivity index (χ4v) is 3.31. The van der Waals surface area contributed by atoms with Gasteiger partial charge in [-0.25, -0.2) is 9.18 Å². The Kier molecular flexibility index (Phi) is 3.52. The van der Waals surface area contributed by atoms with Gasteiger partial charge >= 0.3 is 11.7 Å². The van der Waals surface area contributed by atoms with E-state index in [1.165, 1.54) is 12.2 Å². The maximum atomic E-state index is 14.4. The molecule has 0 spiro atoms. The van der Waals surface area contributed by atoms with Gasteiger partial charge in [0.25, 0.3) is 5.91 Å². The van der Waals surface area contributed by atoms with Crippen molar-refractivity contribution in [1.82, 2.24) is 15.0 Å². The molecule has 0 amide bonds. The van der Waals surface area contributed by atoms with Crippen molar-refractivity contribution in [2.45, 2.75) is 30.8 Å². The molecule has 0 saturated heterocycles. The van der Waals surface area contributed by atoms with Crippen LogP contribution in [-0.2, 0) is 0 Å². The molecule has 2 aromatic heterocycles. The molecule has 138 valence electrons. The zero-order valence-corrected chi connectivity index (χ0v) is 13.6. The van der Waals surface area contributed by atoms with Gasteiger partial charge in [0.2, 0.25) is 5.88 Å². The van der Waals surface area contributed by atoms with Gasteiger partial charge in [0.15, 0.2) is 16.8 Å². The fraction of sp³-hybridized carbons (Fsp3) is 0.357. The predicted molar refractivity (Wildman–Crippen MR) is 84.7 cm³/mol. The fourth-order valence-electron chi connectivity index (χ4n) is 3.14. The third kappa shape index (κ3) is 2.36. The molecule has 0 bridgehead atoms. The van der Waals surface area contributed by atoms with E-state index in [2.05, 4.69) is 15.0 Å². The summed E-state index contributed by atoms with van der Waals surface area (Å²) in [6, 6.07) is -1.51. The Bertz CT molecular complexity index is 1010. The molecule has 1 atom stereocenters. The summed E-state index contributed by atoms with van der Waals surface area (Å²) in [7, 11) is 0. The molecule has 0 radical (unpaired) electrons. The van der Waals surface area contributed by atoms with Crippen LogP contribution in [0.5, 0.6) is 5.88 Å². The highest BCUT2D eigenvalue weighted by atomic mass is 35.5. The average Bonchev–Trinajstić information content (AvgIpc) is 2.74. The number of nitrogens with zero attached hydrogens (tertiary/aromatic N) is 3. The number of anilines is 1. The Morgan fingerprint density at radius 2 is 2.04 bits per heavy atom. The van der Waals surface area contributed by atoms with Crippen molar-refractivity contribution in [2.75, 3.05) is 4.90 Å². The van der Waals surface area contributed by atoms with E-state index in [9.17, 15) is 29.6 Å². The Morgan fingerprint density at radius 1 is 1.31 bits per heavy atom. The van der Waals surface area contributed by atoms with E-state index in [1.54, 1.807) is 0 Å². The lowest BCUT2D eigenvalue weighted by Gasteiger charge is -2.41. The number of halogens is 2. The van der Waals surface area contributed by atoms with Crippen LogP contribution in [0.15, 0.2) is 16.9 Å². The molecule has 2 aliphatic rings. The monoisotopic (exact) mass is 386 g/mol. The van der Waals surface area contributed by atoms with E-state index in [0.29, 0.717) is 4.90 Å². The van der Waals surface area contributed by atoms with E-state index in [-0.39, 0.29) is 18.2 Å². The number of H-pyrrole nitrogens is 1. The van der Waals surface area contributed by atoms with Gasteiger partial charge in [0.1, 0.15) is 11.4 Å². The van der Waals surface area contributed by atoms with Gasteiger partial charge in [-0.2, -0.15) is 9.97 Å². The van der Waals surface area contributed by atoms with Crippen LogP contribution in [0.1, 0.15) is 12.8 Å². The van der Waals surface area contributed by atoms with Crippen LogP contribution in [0.2, 0.25) is 5.15 Å². The maximum absolute atomic E-state index is 14.4. The highest BCUT2D eigenvalue weighted by molar-refractivity contribution is 6.30. The normalized spacial score (nSPS) is 23.2. The van der Waals surface area contributed by atoms with Crippen LogP contribution in [-0.4, -0.2) is 53.3 Å². The molecule has 4 rings (SSSR count). The second-order valence-electron chi connectivity index (χ2n) is 5.97. The number of hydrogen-bond donors (Lipinski definition) is 5. The number of aliphatic hydroxyl groups is 4. The van der Waals surface area contributed by atoms with Crippen molar-refractivity contribution in [3.8, 4) is 5.88 Å². The molecule has 26 heavy (non-hydrogen) atoms. The topological polar surface area (TPSA) is 152 Å². The van der Waals surface area contributed by atoms with Crippen LogP contribution in [0.25, 0.3) is 10.9 Å². The maximum Gasteiger partial charge on any atom is 0.347 e. The minimum absolute atomic E-state index is 0.115. The van der Waals surface area contributed by atoms with E-state index in [4.69, 9.17) is 16.3 Å². The first kappa shape index (κ1) is 17.1. The van der Waals surface area contributed by atoms with Crippen LogP contribution in [0, 0.1) is 5.82 Å². The second kappa shape index (κ2) is 5.34. The van der Waals surface area contributed by atoms with Gasteiger partial charge in [0, 0.05) is 6.42 Å². The Hall–Kier alpha value is -2.31. The van der Waals surface area contributed by atoms with Crippen molar-refractivity contribution in [2.24, 2.45) is 0 Å². The number of hydrogen-bond acceptors (Lipinski definition) is 9. The lowest BCUT2D eigenvalue weighted by molar-refractivity contribution is -0.313. The van der Waals surface area contributed by atoms with Crippen molar-refractivity contribution in [1.29, 1.82) is 0 Å².